The predicted molar refractivity (Wildman–Crippen MR) is 75.8 cm³/mol. The summed E-state index contributed by atoms with van der Waals surface area (Å²) in [6.45, 7) is 4.28. The average molecular weight is 244 g/mol. The first-order valence-electron chi connectivity index (χ1n) is 6.47. The van der Waals surface area contributed by atoms with Crippen molar-refractivity contribution >= 4 is 16.6 Å². The fourth-order valence-electron chi connectivity index (χ4n) is 2.16. The van der Waals surface area contributed by atoms with Crippen LogP contribution >= 0.6 is 0 Å². The fraction of sp³-hybridized carbons (Fsp3) is 0.400. The summed E-state index contributed by atoms with van der Waals surface area (Å²) in [7, 11) is 0. The van der Waals surface area contributed by atoms with Crippen LogP contribution in [0.1, 0.15) is 26.7 Å². The van der Waals surface area contributed by atoms with Crippen LogP contribution in [0.4, 0.5) is 5.82 Å². The number of nitrogens with zero attached hydrogens (tertiary/aromatic N) is 1. The second kappa shape index (κ2) is 5.36. The third-order valence-corrected chi connectivity index (χ3v) is 3.71. The van der Waals surface area contributed by atoms with E-state index in [-0.39, 0.29) is 12.1 Å². The van der Waals surface area contributed by atoms with Crippen LogP contribution in [0.5, 0.6) is 0 Å². The Hall–Kier alpha value is -1.61. The van der Waals surface area contributed by atoms with Gasteiger partial charge in [0.1, 0.15) is 5.82 Å². The minimum Gasteiger partial charge on any atom is -0.394 e. The van der Waals surface area contributed by atoms with Crippen LogP contribution in [-0.2, 0) is 0 Å². The highest BCUT2D eigenvalue weighted by atomic mass is 16.3. The lowest BCUT2D eigenvalue weighted by atomic mass is 9.93. The molecule has 1 aromatic heterocycles. The predicted octanol–water partition coefficient (Wildman–Crippen LogP) is 3.20. The summed E-state index contributed by atoms with van der Waals surface area (Å²) in [5.74, 6) is 0.853. The van der Waals surface area contributed by atoms with E-state index in [1.165, 1.54) is 0 Å². The fourth-order valence-corrected chi connectivity index (χ4v) is 2.16. The first-order valence-corrected chi connectivity index (χ1v) is 6.47. The Morgan fingerprint density at radius 3 is 2.56 bits per heavy atom. The molecule has 0 atom stereocenters. The lowest BCUT2D eigenvalue weighted by Crippen LogP contribution is -2.41. The highest BCUT2D eigenvalue weighted by Gasteiger charge is 2.25. The topological polar surface area (TPSA) is 45.1 Å². The van der Waals surface area contributed by atoms with Gasteiger partial charge in [-0.25, -0.2) is 4.98 Å². The Labute approximate surface area is 108 Å². The molecule has 0 fully saturated rings. The number of rotatable bonds is 5. The van der Waals surface area contributed by atoms with Crippen molar-refractivity contribution < 1.29 is 5.11 Å². The Morgan fingerprint density at radius 1 is 1.17 bits per heavy atom. The van der Waals surface area contributed by atoms with Crippen molar-refractivity contribution in [2.24, 2.45) is 0 Å². The van der Waals surface area contributed by atoms with Gasteiger partial charge in [-0.2, -0.15) is 0 Å². The second-order valence-corrected chi connectivity index (χ2v) is 4.65. The molecular weight excluding hydrogens is 224 g/mol. The van der Waals surface area contributed by atoms with Gasteiger partial charge in [0, 0.05) is 11.6 Å². The van der Waals surface area contributed by atoms with E-state index in [9.17, 15) is 5.11 Å². The molecule has 0 aliphatic heterocycles. The van der Waals surface area contributed by atoms with E-state index in [0.29, 0.717) is 0 Å². The van der Waals surface area contributed by atoms with Crippen molar-refractivity contribution in [3.63, 3.8) is 0 Å². The minimum absolute atomic E-state index is 0.116. The molecule has 2 N–H and O–H groups in total. The third-order valence-electron chi connectivity index (χ3n) is 3.71. The molecule has 3 heteroatoms. The van der Waals surface area contributed by atoms with Gasteiger partial charge in [-0.1, -0.05) is 38.1 Å². The van der Waals surface area contributed by atoms with Gasteiger partial charge in [0.25, 0.3) is 0 Å². The molecular formula is C15H20N2O. The summed E-state index contributed by atoms with van der Waals surface area (Å²) in [6, 6.07) is 10.1. The summed E-state index contributed by atoms with van der Waals surface area (Å²) < 4.78 is 0. The highest BCUT2D eigenvalue weighted by molar-refractivity contribution is 5.91. The lowest BCUT2D eigenvalue weighted by molar-refractivity contribution is 0.202. The molecule has 0 amide bonds. The molecule has 2 rings (SSSR count). The SMILES string of the molecule is CCC(CC)(CO)Nc1nccc2ccccc12. The van der Waals surface area contributed by atoms with Crippen molar-refractivity contribution in [2.75, 3.05) is 11.9 Å². The Bertz CT molecular complexity index is 507. The Balaban J connectivity index is 2.42. The van der Waals surface area contributed by atoms with Gasteiger partial charge >= 0.3 is 0 Å². The summed E-state index contributed by atoms with van der Waals surface area (Å²) in [5.41, 5.74) is -0.281. The molecule has 0 saturated carbocycles. The van der Waals surface area contributed by atoms with Crippen molar-refractivity contribution in [3.8, 4) is 0 Å². The zero-order chi connectivity index (χ0) is 13.0. The molecule has 96 valence electrons. The molecule has 0 unspecified atom stereocenters. The molecule has 3 nitrogen and oxygen atoms in total. The molecule has 18 heavy (non-hydrogen) atoms. The molecule has 0 radical (unpaired) electrons. The van der Waals surface area contributed by atoms with Crippen LogP contribution in [0.15, 0.2) is 36.5 Å². The van der Waals surface area contributed by atoms with Crippen LogP contribution < -0.4 is 5.32 Å². The third kappa shape index (κ3) is 2.31. The van der Waals surface area contributed by atoms with E-state index < -0.39 is 0 Å². The van der Waals surface area contributed by atoms with Gasteiger partial charge in [-0.15, -0.1) is 0 Å². The first-order chi connectivity index (χ1) is 8.74. The number of hydrogen-bond donors (Lipinski definition) is 2. The minimum atomic E-state index is -0.281. The zero-order valence-corrected chi connectivity index (χ0v) is 11.0. The molecule has 0 spiro atoms. The van der Waals surface area contributed by atoms with Crippen molar-refractivity contribution in [1.29, 1.82) is 0 Å². The summed E-state index contributed by atoms with van der Waals surface area (Å²) in [6.07, 6.45) is 3.54. The van der Waals surface area contributed by atoms with E-state index >= 15 is 0 Å². The number of fused-ring (bicyclic) bond motifs is 1. The maximum atomic E-state index is 9.62. The molecule has 0 aliphatic carbocycles. The van der Waals surface area contributed by atoms with E-state index in [1.54, 1.807) is 6.20 Å². The Morgan fingerprint density at radius 2 is 1.89 bits per heavy atom. The van der Waals surface area contributed by atoms with Crippen molar-refractivity contribution in [1.82, 2.24) is 4.98 Å². The number of nitrogens with one attached hydrogen (secondary N) is 1. The van der Waals surface area contributed by atoms with Crippen LogP contribution in [0.25, 0.3) is 10.8 Å². The van der Waals surface area contributed by atoms with Crippen LogP contribution in [0.2, 0.25) is 0 Å². The molecule has 0 saturated heterocycles. The zero-order valence-electron chi connectivity index (χ0n) is 11.0. The summed E-state index contributed by atoms with van der Waals surface area (Å²) in [4.78, 5) is 4.41. The number of benzene rings is 1. The van der Waals surface area contributed by atoms with Gasteiger partial charge in [0.05, 0.1) is 12.1 Å². The van der Waals surface area contributed by atoms with Gasteiger partial charge in [0.2, 0.25) is 0 Å². The van der Waals surface area contributed by atoms with Gasteiger partial charge in [-0.3, -0.25) is 0 Å². The lowest BCUT2D eigenvalue weighted by Gasteiger charge is -2.31. The number of aromatic nitrogens is 1. The van der Waals surface area contributed by atoms with Gasteiger partial charge in [0.15, 0.2) is 0 Å². The maximum absolute atomic E-state index is 9.62. The number of aliphatic hydroxyl groups excluding tert-OH is 1. The molecule has 1 aromatic carbocycles. The molecule has 2 aromatic rings. The van der Waals surface area contributed by atoms with E-state index in [2.05, 4.69) is 36.3 Å². The summed E-state index contributed by atoms with van der Waals surface area (Å²) >= 11 is 0. The van der Waals surface area contributed by atoms with E-state index in [0.717, 1.165) is 29.4 Å². The standard InChI is InChI=1S/C15H20N2O/c1-3-15(4-2,11-18)17-14-13-8-6-5-7-12(13)9-10-16-14/h5-10,18H,3-4,11H2,1-2H3,(H,16,17). The number of aliphatic hydroxyl groups is 1. The maximum Gasteiger partial charge on any atom is 0.134 e. The second-order valence-electron chi connectivity index (χ2n) is 4.65. The number of pyridine rings is 1. The molecule has 0 aliphatic rings. The first kappa shape index (κ1) is 12.8. The molecule has 1 heterocycles. The van der Waals surface area contributed by atoms with Crippen LogP contribution in [0, 0.1) is 0 Å². The van der Waals surface area contributed by atoms with Crippen molar-refractivity contribution in [2.45, 2.75) is 32.2 Å². The highest BCUT2D eigenvalue weighted by Crippen LogP contribution is 2.26. The average Bonchev–Trinajstić information content (AvgIpc) is 2.45. The largest absolute Gasteiger partial charge is 0.394 e. The normalized spacial score (nSPS) is 11.7. The van der Waals surface area contributed by atoms with Gasteiger partial charge < -0.3 is 10.4 Å². The Kier molecular flexibility index (Phi) is 3.82. The van der Waals surface area contributed by atoms with Gasteiger partial charge in [-0.05, 0) is 24.3 Å². The quantitative estimate of drug-likeness (QED) is 0.849. The van der Waals surface area contributed by atoms with E-state index in [1.807, 2.05) is 18.2 Å². The van der Waals surface area contributed by atoms with Crippen molar-refractivity contribution in [3.05, 3.63) is 36.5 Å². The number of hydrogen-bond acceptors (Lipinski definition) is 3. The van der Waals surface area contributed by atoms with Crippen LogP contribution in [0.3, 0.4) is 0 Å². The molecule has 0 bridgehead atoms. The monoisotopic (exact) mass is 244 g/mol. The van der Waals surface area contributed by atoms with Crippen LogP contribution in [-0.4, -0.2) is 22.2 Å². The van der Waals surface area contributed by atoms with E-state index in [4.69, 9.17) is 0 Å². The summed E-state index contributed by atoms with van der Waals surface area (Å²) in [5, 5.41) is 15.3. The smallest absolute Gasteiger partial charge is 0.134 e. The number of anilines is 1.